The predicted octanol–water partition coefficient (Wildman–Crippen LogP) is 1.86. The van der Waals surface area contributed by atoms with Gasteiger partial charge in [0.1, 0.15) is 5.82 Å². The SMILES string of the molecule is CCNc1cc(CN(CCO)C2CCC2)ccn1. The Morgan fingerprint density at radius 2 is 2.33 bits per heavy atom. The zero-order valence-electron chi connectivity index (χ0n) is 11.1. The van der Waals surface area contributed by atoms with Gasteiger partial charge >= 0.3 is 0 Å². The number of hydrogen-bond donors (Lipinski definition) is 2. The minimum absolute atomic E-state index is 0.238. The molecule has 1 aliphatic carbocycles. The average Bonchev–Trinajstić information content (AvgIpc) is 2.28. The molecular formula is C14H23N3O. The van der Waals surface area contributed by atoms with Gasteiger partial charge in [-0.2, -0.15) is 0 Å². The van der Waals surface area contributed by atoms with Crippen molar-refractivity contribution in [3.8, 4) is 0 Å². The number of nitrogens with one attached hydrogen (secondary N) is 1. The average molecular weight is 249 g/mol. The molecule has 0 aliphatic heterocycles. The van der Waals surface area contributed by atoms with Gasteiger partial charge in [-0.15, -0.1) is 0 Å². The van der Waals surface area contributed by atoms with Crippen molar-refractivity contribution < 1.29 is 5.11 Å². The first kappa shape index (κ1) is 13.3. The predicted molar refractivity (Wildman–Crippen MR) is 73.5 cm³/mol. The van der Waals surface area contributed by atoms with Gasteiger partial charge in [0, 0.05) is 31.9 Å². The van der Waals surface area contributed by atoms with Crippen molar-refractivity contribution in [3.05, 3.63) is 23.9 Å². The van der Waals surface area contributed by atoms with Crippen molar-refractivity contribution in [2.45, 2.75) is 38.8 Å². The van der Waals surface area contributed by atoms with E-state index in [1.807, 2.05) is 6.20 Å². The summed E-state index contributed by atoms with van der Waals surface area (Å²) in [4.78, 5) is 6.67. The van der Waals surface area contributed by atoms with Gasteiger partial charge in [0.15, 0.2) is 0 Å². The van der Waals surface area contributed by atoms with Gasteiger partial charge in [-0.05, 0) is 37.5 Å². The standard InChI is InChI=1S/C14H23N3O/c1-2-15-14-10-12(6-7-16-14)11-17(8-9-18)13-4-3-5-13/h6-7,10,13,18H,2-5,8-9,11H2,1H3,(H,15,16). The molecule has 100 valence electrons. The number of aliphatic hydroxyl groups is 1. The number of rotatable bonds is 7. The lowest BCUT2D eigenvalue weighted by molar-refractivity contribution is 0.0945. The zero-order chi connectivity index (χ0) is 12.8. The number of pyridine rings is 1. The largest absolute Gasteiger partial charge is 0.395 e. The number of aliphatic hydroxyl groups excluding tert-OH is 1. The number of nitrogens with zero attached hydrogens (tertiary/aromatic N) is 2. The van der Waals surface area contributed by atoms with Gasteiger partial charge in [0.05, 0.1) is 6.61 Å². The van der Waals surface area contributed by atoms with E-state index in [1.165, 1.54) is 24.8 Å². The molecule has 0 atom stereocenters. The van der Waals surface area contributed by atoms with Crippen LogP contribution in [0.5, 0.6) is 0 Å². The molecule has 1 saturated carbocycles. The van der Waals surface area contributed by atoms with Crippen LogP contribution in [0.25, 0.3) is 0 Å². The van der Waals surface area contributed by atoms with Gasteiger partial charge in [-0.3, -0.25) is 4.90 Å². The third kappa shape index (κ3) is 3.43. The Labute approximate surface area is 109 Å². The fraction of sp³-hybridized carbons (Fsp3) is 0.643. The normalized spacial score (nSPS) is 15.7. The van der Waals surface area contributed by atoms with Gasteiger partial charge in [0.25, 0.3) is 0 Å². The summed E-state index contributed by atoms with van der Waals surface area (Å²) in [5.41, 5.74) is 1.27. The molecule has 0 bridgehead atoms. The Kier molecular flexibility index (Phi) is 4.96. The van der Waals surface area contributed by atoms with Crippen LogP contribution in [0.2, 0.25) is 0 Å². The molecule has 0 spiro atoms. The van der Waals surface area contributed by atoms with E-state index in [-0.39, 0.29) is 6.61 Å². The second kappa shape index (κ2) is 6.71. The molecule has 0 saturated heterocycles. The zero-order valence-corrected chi connectivity index (χ0v) is 11.1. The highest BCUT2D eigenvalue weighted by Crippen LogP contribution is 2.26. The van der Waals surface area contributed by atoms with E-state index in [2.05, 4.69) is 34.3 Å². The Morgan fingerprint density at radius 3 is 2.94 bits per heavy atom. The topological polar surface area (TPSA) is 48.4 Å². The molecule has 1 aliphatic rings. The summed E-state index contributed by atoms with van der Waals surface area (Å²) in [6.45, 7) is 4.87. The molecule has 0 radical (unpaired) electrons. The molecule has 0 amide bonds. The molecule has 0 unspecified atom stereocenters. The molecule has 0 aromatic carbocycles. The molecule has 1 aromatic heterocycles. The van der Waals surface area contributed by atoms with Crippen LogP contribution in [0, 0.1) is 0 Å². The summed E-state index contributed by atoms with van der Waals surface area (Å²) in [5, 5.41) is 12.4. The van der Waals surface area contributed by atoms with Crippen LogP contribution < -0.4 is 5.32 Å². The van der Waals surface area contributed by atoms with Gasteiger partial charge in [0.2, 0.25) is 0 Å². The highest BCUT2D eigenvalue weighted by molar-refractivity contribution is 5.37. The Morgan fingerprint density at radius 1 is 1.50 bits per heavy atom. The second-order valence-electron chi connectivity index (χ2n) is 4.86. The van der Waals surface area contributed by atoms with Gasteiger partial charge in [-0.1, -0.05) is 6.42 Å². The summed E-state index contributed by atoms with van der Waals surface area (Å²) < 4.78 is 0. The van der Waals surface area contributed by atoms with Crippen LogP contribution in [0.4, 0.5) is 5.82 Å². The van der Waals surface area contributed by atoms with E-state index in [4.69, 9.17) is 5.11 Å². The maximum Gasteiger partial charge on any atom is 0.126 e. The first-order valence-electron chi connectivity index (χ1n) is 6.87. The van der Waals surface area contributed by atoms with Crippen LogP contribution in [0.15, 0.2) is 18.3 Å². The van der Waals surface area contributed by atoms with E-state index in [1.54, 1.807) is 0 Å². The second-order valence-corrected chi connectivity index (χ2v) is 4.86. The summed E-state index contributed by atoms with van der Waals surface area (Å²) in [7, 11) is 0. The Bertz CT molecular complexity index is 366. The fourth-order valence-electron chi connectivity index (χ4n) is 2.36. The van der Waals surface area contributed by atoms with E-state index < -0.39 is 0 Å². The third-order valence-corrected chi connectivity index (χ3v) is 3.55. The molecule has 1 fully saturated rings. The first-order valence-corrected chi connectivity index (χ1v) is 6.87. The van der Waals surface area contributed by atoms with Crippen LogP contribution in [-0.2, 0) is 6.54 Å². The smallest absolute Gasteiger partial charge is 0.126 e. The van der Waals surface area contributed by atoms with Gasteiger partial charge in [-0.25, -0.2) is 4.98 Å². The lowest BCUT2D eigenvalue weighted by Gasteiger charge is -2.37. The minimum Gasteiger partial charge on any atom is -0.395 e. The summed E-state index contributed by atoms with van der Waals surface area (Å²) in [6.07, 6.45) is 5.72. The molecule has 2 rings (SSSR count). The van der Waals surface area contributed by atoms with E-state index in [0.29, 0.717) is 6.04 Å². The third-order valence-electron chi connectivity index (χ3n) is 3.55. The molecule has 4 nitrogen and oxygen atoms in total. The fourth-order valence-corrected chi connectivity index (χ4v) is 2.36. The summed E-state index contributed by atoms with van der Waals surface area (Å²) >= 11 is 0. The van der Waals surface area contributed by atoms with Crippen molar-refractivity contribution in [2.75, 3.05) is 25.0 Å². The highest BCUT2D eigenvalue weighted by atomic mass is 16.3. The number of anilines is 1. The first-order chi connectivity index (χ1) is 8.83. The quantitative estimate of drug-likeness (QED) is 0.774. The molecule has 1 heterocycles. The van der Waals surface area contributed by atoms with Crippen molar-refractivity contribution in [1.29, 1.82) is 0 Å². The summed E-state index contributed by atoms with van der Waals surface area (Å²) in [5.74, 6) is 0.938. The van der Waals surface area contributed by atoms with Crippen LogP contribution in [0.3, 0.4) is 0 Å². The molecule has 1 aromatic rings. The van der Waals surface area contributed by atoms with E-state index in [9.17, 15) is 0 Å². The minimum atomic E-state index is 0.238. The monoisotopic (exact) mass is 249 g/mol. The van der Waals surface area contributed by atoms with Crippen molar-refractivity contribution >= 4 is 5.82 Å². The maximum absolute atomic E-state index is 9.16. The van der Waals surface area contributed by atoms with E-state index >= 15 is 0 Å². The lowest BCUT2D eigenvalue weighted by Crippen LogP contribution is -2.41. The molecule has 18 heavy (non-hydrogen) atoms. The van der Waals surface area contributed by atoms with Gasteiger partial charge < -0.3 is 10.4 Å². The van der Waals surface area contributed by atoms with Crippen LogP contribution >= 0.6 is 0 Å². The molecule has 4 heteroatoms. The van der Waals surface area contributed by atoms with E-state index in [0.717, 1.165) is 25.5 Å². The Hall–Kier alpha value is -1.13. The van der Waals surface area contributed by atoms with Crippen LogP contribution in [-0.4, -0.2) is 40.7 Å². The molecule has 2 N–H and O–H groups in total. The Balaban J connectivity index is 1.98. The summed E-state index contributed by atoms with van der Waals surface area (Å²) in [6, 6.07) is 4.82. The molecular weight excluding hydrogens is 226 g/mol. The van der Waals surface area contributed by atoms with Crippen molar-refractivity contribution in [3.63, 3.8) is 0 Å². The van der Waals surface area contributed by atoms with Crippen molar-refractivity contribution in [1.82, 2.24) is 9.88 Å². The maximum atomic E-state index is 9.16. The highest BCUT2D eigenvalue weighted by Gasteiger charge is 2.24. The van der Waals surface area contributed by atoms with Crippen LogP contribution in [0.1, 0.15) is 31.7 Å². The number of hydrogen-bond acceptors (Lipinski definition) is 4. The number of aromatic nitrogens is 1. The van der Waals surface area contributed by atoms with Crippen molar-refractivity contribution in [2.24, 2.45) is 0 Å². The lowest BCUT2D eigenvalue weighted by atomic mass is 9.91.